The highest BCUT2D eigenvalue weighted by atomic mass is 28.1. The van der Waals surface area contributed by atoms with Crippen molar-refractivity contribution in [3.63, 3.8) is 0 Å². The van der Waals surface area contributed by atoms with Crippen LogP contribution in [0.15, 0.2) is 30.3 Å². The molecule has 0 unspecified atom stereocenters. The van der Waals surface area contributed by atoms with Crippen LogP contribution < -0.4 is 5.19 Å². The number of phenols is 1. The number of phenolic OH excluding ortho intramolecular Hbond substituents is 1. The van der Waals surface area contributed by atoms with Gasteiger partial charge in [-0.2, -0.15) is 0 Å². The van der Waals surface area contributed by atoms with E-state index in [1.165, 1.54) is 0 Å². The van der Waals surface area contributed by atoms with Crippen molar-refractivity contribution in [2.75, 3.05) is 0 Å². The van der Waals surface area contributed by atoms with Gasteiger partial charge in [0.25, 0.3) is 0 Å². The first-order valence-electron chi connectivity index (χ1n) is 4.17. The summed E-state index contributed by atoms with van der Waals surface area (Å²) in [5, 5.41) is 12.2. The maximum atomic E-state index is 9.70. The van der Waals surface area contributed by atoms with E-state index in [0.717, 1.165) is 10.8 Å². The Morgan fingerprint density at radius 2 is 2.00 bits per heavy atom. The first-order valence-corrected chi connectivity index (χ1v) is 4.67. The summed E-state index contributed by atoms with van der Waals surface area (Å²) >= 11 is 0. The van der Waals surface area contributed by atoms with Gasteiger partial charge in [-0.1, -0.05) is 36.3 Å². The molecule has 2 heteroatoms. The largest absolute Gasteiger partial charge is 0.507 e. The van der Waals surface area contributed by atoms with E-state index in [-0.39, 0.29) is 5.75 Å². The molecule has 3 radical (unpaired) electrons. The second-order valence-electron chi connectivity index (χ2n) is 3.01. The highest BCUT2D eigenvalue weighted by Crippen LogP contribution is 2.23. The Labute approximate surface area is 85.8 Å². The van der Waals surface area contributed by atoms with Crippen LogP contribution in [-0.4, -0.2) is 15.3 Å². The molecule has 14 heavy (non-hydrogen) atoms. The lowest BCUT2D eigenvalue weighted by Gasteiger charge is -2.06. The topological polar surface area (TPSA) is 20.2 Å². The van der Waals surface area contributed by atoms with Crippen molar-refractivity contribution in [2.24, 2.45) is 0 Å². The molecule has 2 aromatic carbocycles. The van der Waals surface area contributed by atoms with Crippen molar-refractivity contribution in [3.05, 3.63) is 35.9 Å². The van der Waals surface area contributed by atoms with Gasteiger partial charge in [0.05, 0.1) is 15.8 Å². The highest BCUT2D eigenvalue weighted by molar-refractivity contribution is 6.35. The van der Waals surface area contributed by atoms with Gasteiger partial charge in [0.2, 0.25) is 0 Å². The van der Waals surface area contributed by atoms with Crippen LogP contribution in [0.3, 0.4) is 0 Å². The van der Waals surface area contributed by atoms with Crippen LogP contribution in [0.2, 0.25) is 0 Å². The van der Waals surface area contributed by atoms with Crippen molar-refractivity contribution < 1.29 is 5.11 Å². The van der Waals surface area contributed by atoms with Gasteiger partial charge in [-0.15, -0.1) is 6.42 Å². The van der Waals surface area contributed by atoms with Crippen LogP contribution in [0.5, 0.6) is 5.75 Å². The monoisotopic (exact) mass is 195 g/mol. The average molecular weight is 195 g/mol. The van der Waals surface area contributed by atoms with E-state index in [9.17, 15) is 5.11 Å². The van der Waals surface area contributed by atoms with E-state index in [2.05, 4.69) is 16.2 Å². The highest BCUT2D eigenvalue weighted by Gasteiger charge is 2.06. The second kappa shape index (κ2) is 3.21. The third kappa shape index (κ3) is 1.19. The predicted molar refractivity (Wildman–Crippen MR) is 58.9 cm³/mol. The molecule has 0 saturated heterocycles. The van der Waals surface area contributed by atoms with Gasteiger partial charge in [-0.25, -0.2) is 0 Å². The van der Waals surface area contributed by atoms with Crippen LogP contribution in [0.25, 0.3) is 10.8 Å². The molecule has 0 atom stereocenters. The Morgan fingerprint density at radius 1 is 1.29 bits per heavy atom. The molecule has 0 spiro atoms. The molecule has 0 aliphatic heterocycles. The van der Waals surface area contributed by atoms with Crippen LogP contribution in [0.1, 0.15) is 5.56 Å². The standard InChI is InChI=1S/C12H7OSi/c1-2-9-10-6-4-3-5-8(10)7-11(14)12(9)13/h1,3-7,13H. The van der Waals surface area contributed by atoms with Crippen molar-refractivity contribution in [3.8, 4) is 18.1 Å². The third-order valence-corrected chi connectivity index (χ3v) is 2.55. The van der Waals surface area contributed by atoms with Gasteiger partial charge in [0.15, 0.2) is 0 Å². The minimum absolute atomic E-state index is 0.128. The lowest BCUT2D eigenvalue weighted by atomic mass is 10.0. The number of hydrogen-bond acceptors (Lipinski definition) is 1. The van der Waals surface area contributed by atoms with Crippen LogP contribution in [0.4, 0.5) is 0 Å². The molecule has 0 fully saturated rings. The minimum atomic E-state index is 0.128. The molecule has 0 bridgehead atoms. The van der Waals surface area contributed by atoms with Crippen molar-refractivity contribution in [1.82, 2.24) is 0 Å². The fraction of sp³-hybridized carbons (Fsp3) is 0. The molecular formula is C12H7OSi. The van der Waals surface area contributed by atoms with Gasteiger partial charge in [-0.05, 0) is 10.6 Å². The number of hydrogen-bond donors (Lipinski definition) is 1. The van der Waals surface area contributed by atoms with E-state index >= 15 is 0 Å². The zero-order valence-electron chi connectivity index (χ0n) is 7.41. The molecule has 1 N–H and O–H groups in total. The number of terminal acetylenes is 1. The summed E-state index contributed by atoms with van der Waals surface area (Å²) in [6.07, 6.45) is 5.35. The summed E-state index contributed by atoms with van der Waals surface area (Å²) in [6, 6.07) is 9.54. The Bertz CT molecular complexity index is 538. The second-order valence-corrected chi connectivity index (χ2v) is 3.55. The molecular weight excluding hydrogens is 188 g/mol. The van der Waals surface area contributed by atoms with E-state index in [4.69, 9.17) is 6.42 Å². The minimum Gasteiger partial charge on any atom is -0.507 e. The zero-order chi connectivity index (χ0) is 10.1. The van der Waals surface area contributed by atoms with Crippen LogP contribution in [0, 0.1) is 12.3 Å². The maximum absolute atomic E-state index is 9.70. The first-order chi connectivity index (χ1) is 6.74. The SMILES string of the molecule is C#Cc1c(O)c([Si])cc2ccccc12. The third-order valence-electron chi connectivity index (χ3n) is 2.17. The summed E-state index contributed by atoms with van der Waals surface area (Å²) in [5.41, 5.74) is 0.535. The fourth-order valence-corrected chi connectivity index (χ4v) is 1.76. The lowest BCUT2D eigenvalue weighted by Crippen LogP contribution is -2.04. The molecule has 65 valence electrons. The van der Waals surface area contributed by atoms with Crippen LogP contribution >= 0.6 is 0 Å². The van der Waals surface area contributed by atoms with Gasteiger partial charge >= 0.3 is 0 Å². The zero-order valence-corrected chi connectivity index (χ0v) is 8.41. The summed E-state index contributed by atoms with van der Waals surface area (Å²) in [4.78, 5) is 0. The molecule has 0 heterocycles. The predicted octanol–water partition coefficient (Wildman–Crippen LogP) is 1.32. The molecule has 0 aliphatic carbocycles. The Morgan fingerprint density at radius 3 is 2.71 bits per heavy atom. The lowest BCUT2D eigenvalue weighted by molar-refractivity contribution is 0.479. The van der Waals surface area contributed by atoms with E-state index in [1.54, 1.807) is 0 Å². The molecule has 2 aromatic rings. The number of benzene rings is 2. The summed E-state index contributed by atoms with van der Waals surface area (Å²) in [5.74, 6) is 2.63. The quantitative estimate of drug-likeness (QED) is 0.496. The van der Waals surface area contributed by atoms with Gasteiger partial charge in [0.1, 0.15) is 5.75 Å². The number of rotatable bonds is 0. The van der Waals surface area contributed by atoms with Crippen LogP contribution in [-0.2, 0) is 0 Å². The van der Waals surface area contributed by atoms with Gasteiger partial charge in [0, 0.05) is 5.39 Å². The first kappa shape index (κ1) is 8.86. The summed E-state index contributed by atoms with van der Waals surface area (Å²) < 4.78 is 0. The fourth-order valence-electron chi connectivity index (χ4n) is 1.48. The van der Waals surface area contributed by atoms with E-state index < -0.39 is 0 Å². The normalized spacial score (nSPS) is 10.0. The molecule has 0 aliphatic rings. The van der Waals surface area contributed by atoms with Gasteiger partial charge < -0.3 is 5.11 Å². The van der Waals surface area contributed by atoms with Gasteiger partial charge in [-0.3, -0.25) is 0 Å². The molecule has 0 saturated carbocycles. The Hall–Kier alpha value is -1.72. The number of fused-ring (bicyclic) bond motifs is 1. The summed E-state index contributed by atoms with van der Waals surface area (Å²) in [6.45, 7) is 0. The molecule has 0 amide bonds. The van der Waals surface area contributed by atoms with Crippen molar-refractivity contribution in [1.29, 1.82) is 0 Å². The van der Waals surface area contributed by atoms with E-state index in [0.29, 0.717) is 10.8 Å². The van der Waals surface area contributed by atoms with Crippen molar-refractivity contribution >= 4 is 26.2 Å². The molecule has 2 rings (SSSR count). The smallest absolute Gasteiger partial charge is 0.130 e. The summed E-state index contributed by atoms with van der Waals surface area (Å²) in [7, 11) is 3.31. The Kier molecular flexibility index (Phi) is 2.03. The molecule has 1 nitrogen and oxygen atoms in total. The molecule has 0 aromatic heterocycles. The maximum Gasteiger partial charge on any atom is 0.130 e. The Balaban J connectivity index is 2.98. The number of aromatic hydroxyl groups is 1. The van der Waals surface area contributed by atoms with E-state index in [1.807, 2.05) is 30.3 Å². The average Bonchev–Trinajstić information content (AvgIpc) is 2.20. The van der Waals surface area contributed by atoms with Crippen molar-refractivity contribution in [2.45, 2.75) is 0 Å².